The number of rotatable bonds is 4. The molecule has 0 saturated carbocycles. The zero-order valence-electron chi connectivity index (χ0n) is 4.78. The molecule has 0 bridgehead atoms. The molecule has 0 amide bonds. The Hall–Kier alpha value is 2.14. The van der Waals surface area contributed by atoms with Gasteiger partial charge in [-0.1, -0.05) is 0 Å². The van der Waals surface area contributed by atoms with Crippen LogP contribution < -0.4 is 5.32 Å². The van der Waals surface area contributed by atoms with Gasteiger partial charge in [0.1, 0.15) is 0 Å². The molecule has 2 nitrogen and oxygen atoms in total. The molecule has 0 unspecified atom stereocenters. The minimum atomic E-state index is -0.646. The third-order valence-corrected chi connectivity index (χ3v) is 1.65. The molecule has 0 heterocycles. The standard InChI is InChI=1S/C4H13NOSi.2Na.2H/c1-5-3-2-4-7-6;;;;/h5-6H,2-4,7H2,1H3;;;;. The molecule has 9 heavy (non-hydrogen) atoms. The van der Waals surface area contributed by atoms with Crippen LogP contribution in [-0.4, -0.2) is 87.3 Å². The summed E-state index contributed by atoms with van der Waals surface area (Å²) in [5.74, 6) is 0. The van der Waals surface area contributed by atoms with Crippen LogP contribution in [0.15, 0.2) is 0 Å². The van der Waals surface area contributed by atoms with E-state index in [1.165, 1.54) is 0 Å². The van der Waals surface area contributed by atoms with Gasteiger partial charge < -0.3 is 10.1 Å². The summed E-state index contributed by atoms with van der Waals surface area (Å²) < 4.78 is 0. The van der Waals surface area contributed by atoms with E-state index in [0.29, 0.717) is 0 Å². The van der Waals surface area contributed by atoms with Gasteiger partial charge in [-0.25, -0.2) is 0 Å². The van der Waals surface area contributed by atoms with E-state index < -0.39 is 9.76 Å². The fourth-order valence-corrected chi connectivity index (χ4v) is 0.887. The molecule has 0 fully saturated rings. The molecule has 0 rings (SSSR count). The summed E-state index contributed by atoms with van der Waals surface area (Å²) in [6.45, 7) is 1.05. The van der Waals surface area contributed by atoms with Crippen molar-refractivity contribution in [1.82, 2.24) is 5.32 Å². The molecular weight excluding hydrogens is 152 g/mol. The van der Waals surface area contributed by atoms with Crippen molar-refractivity contribution in [3.63, 3.8) is 0 Å². The van der Waals surface area contributed by atoms with Crippen LogP contribution in [0.4, 0.5) is 0 Å². The summed E-state index contributed by atoms with van der Waals surface area (Å²) in [4.78, 5) is 8.40. The van der Waals surface area contributed by atoms with Gasteiger partial charge in [0.05, 0.1) is 0 Å². The summed E-state index contributed by atoms with van der Waals surface area (Å²) in [5.41, 5.74) is 0. The first-order valence-corrected chi connectivity index (χ1v) is 4.30. The van der Waals surface area contributed by atoms with Gasteiger partial charge in [-0.2, -0.15) is 0 Å². The molecule has 0 atom stereocenters. The number of nitrogens with one attached hydrogen (secondary N) is 1. The fraction of sp³-hybridized carbons (Fsp3) is 1.00. The second kappa shape index (κ2) is 16.6. The third kappa shape index (κ3) is 17.8. The van der Waals surface area contributed by atoms with Crippen LogP contribution in [0.2, 0.25) is 6.04 Å². The predicted octanol–water partition coefficient (Wildman–Crippen LogP) is -2.21. The van der Waals surface area contributed by atoms with Gasteiger partial charge in [0.2, 0.25) is 0 Å². The Morgan fingerprint density at radius 3 is 2.33 bits per heavy atom. The van der Waals surface area contributed by atoms with E-state index in [4.69, 9.17) is 4.80 Å². The Bertz CT molecular complexity index is 37.7. The van der Waals surface area contributed by atoms with E-state index in [0.717, 1.165) is 19.0 Å². The first kappa shape index (κ1) is 17.3. The van der Waals surface area contributed by atoms with Crippen LogP contribution in [0.1, 0.15) is 6.42 Å². The predicted molar refractivity (Wildman–Crippen MR) is 48.4 cm³/mol. The van der Waals surface area contributed by atoms with E-state index in [2.05, 4.69) is 5.32 Å². The van der Waals surface area contributed by atoms with Gasteiger partial charge in [-0.05, 0) is 26.1 Å². The van der Waals surface area contributed by atoms with Gasteiger partial charge in [0.25, 0.3) is 0 Å². The fourth-order valence-electron chi connectivity index (χ4n) is 0.414. The maximum atomic E-state index is 8.40. The van der Waals surface area contributed by atoms with Crippen molar-refractivity contribution in [1.29, 1.82) is 0 Å². The number of hydrogen-bond acceptors (Lipinski definition) is 2. The average molecular weight is 167 g/mol. The summed E-state index contributed by atoms with van der Waals surface area (Å²) in [6.07, 6.45) is 1.14. The van der Waals surface area contributed by atoms with E-state index in [1.807, 2.05) is 7.05 Å². The molecule has 5 heteroatoms. The van der Waals surface area contributed by atoms with Gasteiger partial charge >= 0.3 is 59.1 Å². The van der Waals surface area contributed by atoms with Gasteiger partial charge in [0, 0.05) is 0 Å². The van der Waals surface area contributed by atoms with Crippen LogP contribution in [0.25, 0.3) is 0 Å². The molecule has 0 aliphatic rings. The van der Waals surface area contributed by atoms with Gasteiger partial charge in [-0.3, -0.25) is 0 Å². The van der Waals surface area contributed by atoms with E-state index in [9.17, 15) is 0 Å². The molecule has 2 N–H and O–H groups in total. The molecule has 0 saturated heterocycles. The van der Waals surface area contributed by atoms with Crippen molar-refractivity contribution < 1.29 is 4.80 Å². The third-order valence-electron chi connectivity index (χ3n) is 0.835. The van der Waals surface area contributed by atoms with Crippen molar-refractivity contribution in [2.24, 2.45) is 0 Å². The molecule has 0 aliphatic heterocycles. The van der Waals surface area contributed by atoms with Crippen LogP contribution >= 0.6 is 0 Å². The molecule has 0 aromatic heterocycles. The summed E-state index contributed by atoms with van der Waals surface area (Å²) in [5, 5.41) is 3.01. The Labute approximate surface area is 104 Å². The second-order valence-corrected chi connectivity index (χ2v) is 2.69. The molecule has 0 aromatic carbocycles. The van der Waals surface area contributed by atoms with Crippen LogP contribution in [-0.2, 0) is 0 Å². The topological polar surface area (TPSA) is 32.3 Å². The van der Waals surface area contributed by atoms with Crippen LogP contribution in [0.5, 0.6) is 0 Å². The average Bonchev–Trinajstić information content (AvgIpc) is 1.69. The van der Waals surface area contributed by atoms with Gasteiger partial charge in [-0.15, -0.1) is 0 Å². The van der Waals surface area contributed by atoms with Crippen molar-refractivity contribution in [2.45, 2.75) is 12.5 Å². The first-order valence-electron chi connectivity index (χ1n) is 2.67. The Morgan fingerprint density at radius 1 is 1.44 bits per heavy atom. The zero-order valence-corrected chi connectivity index (χ0v) is 6.19. The summed E-state index contributed by atoms with van der Waals surface area (Å²) >= 11 is 0. The molecular formula is C4H15NNa2OSi. The summed E-state index contributed by atoms with van der Waals surface area (Å²) in [7, 11) is 1.28. The number of hydrogen-bond donors (Lipinski definition) is 2. The molecule has 0 spiro atoms. The van der Waals surface area contributed by atoms with Crippen molar-refractivity contribution >= 4 is 68.9 Å². The maximum absolute atomic E-state index is 8.40. The van der Waals surface area contributed by atoms with Crippen molar-refractivity contribution in [3.05, 3.63) is 0 Å². The van der Waals surface area contributed by atoms with E-state index >= 15 is 0 Å². The van der Waals surface area contributed by atoms with Crippen LogP contribution in [0.3, 0.4) is 0 Å². The van der Waals surface area contributed by atoms with Crippen LogP contribution in [0, 0.1) is 0 Å². The van der Waals surface area contributed by atoms with E-state index in [1.54, 1.807) is 0 Å². The second-order valence-electron chi connectivity index (χ2n) is 1.53. The SMILES string of the molecule is CNCCC[SiH2]O.[NaH].[NaH]. The molecule has 0 aromatic rings. The Kier molecular flexibility index (Phi) is 31.9. The Balaban J connectivity index is -0.000000180. The Morgan fingerprint density at radius 2 is 2.00 bits per heavy atom. The van der Waals surface area contributed by atoms with Crippen molar-refractivity contribution in [3.8, 4) is 0 Å². The normalized spacial score (nSPS) is 8.67. The molecule has 48 valence electrons. The minimum absolute atomic E-state index is 0. The van der Waals surface area contributed by atoms with E-state index in [-0.39, 0.29) is 59.1 Å². The molecule has 0 radical (unpaired) electrons. The zero-order chi connectivity index (χ0) is 5.54. The monoisotopic (exact) mass is 167 g/mol. The van der Waals surface area contributed by atoms with Crippen molar-refractivity contribution in [2.75, 3.05) is 13.6 Å². The summed E-state index contributed by atoms with van der Waals surface area (Å²) in [6, 6.07) is 1.06. The first-order chi connectivity index (χ1) is 3.41. The van der Waals surface area contributed by atoms with Gasteiger partial charge in [0.15, 0.2) is 9.76 Å². The molecule has 0 aliphatic carbocycles. The quantitative estimate of drug-likeness (QED) is 0.368.